The van der Waals surface area contributed by atoms with Gasteiger partial charge in [-0.05, 0) is 50.2 Å². The predicted octanol–water partition coefficient (Wildman–Crippen LogP) is 3.40. The minimum absolute atomic E-state index is 0.0186. The Morgan fingerprint density at radius 3 is 2.46 bits per heavy atom. The molecule has 0 bridgehead atoms. The number of carbonyl (C=O) groups excluding carboxylic acids is 2. The second kappa shape index (κ2) is 7.44. The molecule has 0 radical (unpaired) electrons. The maximum Gasteiger partial charge on any atom is 0.265 e. The summed E-state index contributed by atoms with van der Waals surface area (Å²) in [4.78, 5) is 23.5. The zero-order valence-electron chi connectivity index (χ0n) is 13.1. The van der Waals surface area contributed by atoms with Crippen LogP contribution in [0.1, 0.15) is 22.8 Å². The number of rotatable bonds is 5. The highest BCUT2D eigenvalue weighted by Gasteiger charge is 2.18. The van der Waals surface area contributed by atoms with Crippen molar-refractivity contribution >= 4 is 33.4 Å². The van der Waals surface area contributed by atoms with Gasteiger partial charge in [0.05, 0.1) is 0 Å². The quantitative estimate of drug-likeness (QED) is 0.814. The second-order valence-electron chi connectivity index (χ2n) is 5.20. The van der Waals surface area contributed by atoms with Gasteiger partial charge >= 0.3 is 0 Å². The van der Waals surface area contributed by atoms with Gasteiger partial charge in [-0.15, -0.1) is 0 Å². The molecule has 2 amide bonds. The summed E-state index contributed by atoms with van der Waals surface area (Å²) in [6.45, 7) is 3.07. The first kappa shape index (κ1) is 17.9. The number of carbonyl (C=O) groups is 2. The summed E-state index contributed by atoms with van der Waals surface area (Å²) in [5.74, 6) is -1.34. The number of benzene rings is 2. The molecule has 0 saturated carbocycles. The van der Waals surface area contributed by atoms with Crippen LogP contribution in [0.4, 0.5) is 10.1 Å². The number of halogens is 2. The van der Waals surface area contributed by atoms with E-state index in [1.165, 1.54) is 13.0 Å². The van der Waals surface area contributed by atoms with Crippen LogP contribution in [0.15, 0.2) is 40.9 Å². The number of hydrogen-bond donors (Lipinski definition) is 2. The summed E-state index contributed by atoms with van der Waals surface area (Å²) in [5, 5.41) is 2.56. The minimum Gasteiger partial charge on any atom is -0.481 e. The average Bonchev–Trinajstić information content (AvgIpc) is 2.53. The topological polar surface area (TPSA) is 81.4 Å². The van der Waals surface area contributed by atoms with Gasteiger partial charge in [0, 0.05) is 21.3 Å². The number of hydrogen-bond acceptors (Lipinski definition) is 3. The molecule has 0 aliphatic rings. The lowest BCUT2D eigenvalue weighted by molar-refractivity contribution is -0.122. The van der Waals surface area contributed by atoms with E-state index in [2.05, 4.69) is 21.2 Å². The highest BCUT2D eigenvalue weighted by atomic mass is 79.9. The highest BCUT2D eigenvalue weighted by molar-refractivity contribution is 9.10. The van der Waals surface area contributed by atoms with Crippen molar-refractivity contribution in [3.05, 3.63) is 57.8 Å². The second-order valence-corrected chi connectivity index (χ2v) is 6.11. The van der Waals surface area contributed by atoms with Crippen molar-refractivity contribution in [3.8, 4) is 5.75 Å². The highest BCUT2D eigenvalue weighted by Crippen LogP contribution is 2.22. The normalized spacial score (nSPS) is 11.7. The fourth-order valence-corrected chi connectivity index (χ4v) is 2.22. The first-order valence-electron chi connectivity index (χ1n) is 7.11. The lowest BCUT2D eigenvalue weighted by Gasteiger charge is -2.16. The van der Waals surface area contributed by atoms with E-state index in [4.69, 9.17) is 10.5 Å². The molecular weight excluding hydrogens is 379 g/mol. The third kappa shape index (κ3) is 4.32. The Kier molecular flexibility index (Phi) is 5.56. The fraction of sp³-hybridized carbons (Fsp3) is 0.176. The van der Waals surface area contributed by atoms with Crippen LogP contribution < -0.4 is 15.8 Å². The molecule has 2 aromatic rings. The largest absolute Gasteiger partial charge is 0.481 e. The molecule has 1 atom stereocenters. The third-order valence-electron chi connectivity index (χ3n) is 3.38. The first-order chi connectivity index (χ1) is 11.3. The Morgan fingerprint density at radius 2 is 1.88 bits per heavy atom. The van der Waals surface area contributed by atoms with E-state index in [0.717, 1.165) is 10.5 Å². The molecule has 0 saturated heterocycles. The smallest absolute Gasteiger partial charge is 0.265 e. The van der Waals surface area contributed by atoms with Gasteiger partial charge in [0.1, 0.15) is 11.6 Å². The van der Waals surface area contributed by atoms with E-state index in [1.807, 2.05) is 0 Å². The average molecular weight is 395 g/mol. The molecule has 0 aromatic heterocycles. The van der Waals surface area contributed by atoms with Gasteiger partial charge in [-0.3, -0.25) is 9.59 Å². The maximum atomic E-state index is 13.8. The predicted molar refractivity (Wildman–Crippen MR) is 92.5 cm³/mol. The number of primary amides is 1. The molecule has 0 aliphatic carbocycles. The van der Waals surface area contributed by atoms with E-state index in [-0.39, 0.29) is 16.8 Å². The van der Waals surface area contributed by atoms with Crippen LogP contribution in [0.3, 0.4) is 0 Å². The summed E-state index contributed by atoms with van der Waals surface area (Å²) in [6, 6.07) is 9.38. The Bertz CT molecular complexity index is 778. The summed E-state index contributed by atoms with van der Waals surface area (Å²) in [5.41, 5.74) is 5.53. The van der Waals surface area contributed by atoms with E-state index in [9.17, 15) is 14.0 Å². The van der Waals surface area contributed by atoms with Crippen molar-refractivity contribution in [1.82, 2.24) is 0 Å². The number of nitrogens with two attached hydrogens (primary N) is 1. The maximum absolute atomic E-state index is 13.8. The van der Waals surface area contributed by atoms with Crippen molar-refractivity contribution in [3.63, 3.8) is 0 Å². The summed E-state index contributed by atoms with van der Waals surface area (Å²) in [6.07, 6.45) is -0.814. The molecule has 0 aliphatic heterocycles. The Balaban J connectivity index is 2.13. The van der Waals surface area contributed by atoms with Crippen LogP contribution in [-0.4, -0.2) is 17.9 Å². The molecule has 2 aromatic carbocycles. The van der Waals surface area contributed by atoms with Crippen molar-refractivity contribution in [2.24, 2.45) is 5.73 Å². The van der Waals surface area contributed by atoms with Gasteiger partial charge in [0.15, 0.2) is 6.10 Å². The monoisotopic (exact) mass is 394 g/mol. The molecule has 7 heteroatoms. The Labute approximate surface area is 147 Å². The van der Waals surface area contributed by atoms with E-state index >= 15 is 0 Å². The molecule has 3 N–H and O–H groups in total. The third-order valence-corrected chi connectivity index (χ3v) is 3.91. The van der Waals surface area contributed by atoms with Gasteiger partial charge < -0.3 is 15.8 Å². The van der Waals surface area contributed by atoms with Crippen LogP contribution in [0.5, 0.6) is 5.75 Å². The van der Waals surface area contributed by atoms with Gasteiger partial charge in [0.25, 0.3) is 5.91 Å². The van der Waals surface area contributed by atoms with Gasteiger partial charge in [-0.25, -0.2) is 4.39 Å². The summed E-state index contributed by atoms with van der Waals surface area (Å²) in [7, 11) is 0. The standard InChI is InChI=1S/C17H16BrFN2O3/c1-9-14(19)7-11(16(20)22)8-15(9)21-17(23)10(2)24-13-5-3-12(18)4-6-13/h3-8,10H,1-2H3,(H2,20,22)(H,21,23). The number of amides is 2. The van der Waals surface area contributed by atoms with Crippen LogP contribution in [0.2, 0.25) is 0 Å². The molecule has 0 spiro atoms. The minimum atomic E-state index is -0.814. The number of nitrogens with one attached hydrogen (secondary N) is 1. The number of anilines is 1. The van der Waals surface area contributed by atoms with Crippen molar-refractivity contribution in [1.29, 1.82) is 0 Å². The molecule has 0 fully saturated rings. The number of ether oxygens (including phenoxy) is 1. The molecule has 2 rings (SSSR count). The van der Waals surface area contributed by atoms with E-state index in [1.54, 1.807) is 31.2 Å². The van der Waals surface area contributed by atoms with Crippen LogP contribution >= 0.6 is 15.9 Å². The van der Waals surface area contributed by atoms with Crippen molar-refractivity contribution in [2.45, 2.75) is 20.0 Å². The first-order valence-corrected chi connectivity index (χ1v) is 7.90. The molecule has 1 unspecified atom stereocenters. The van der Waals surface area contributed by atoms with Crippen molar-refractivity contribution < 1.29 is 18.7 Å². The van der Waals surface area contributed by atoms with Crippen molar-refractivity contribution in [2.75, 3.05) is 5.32 Å². The van der Waals surface area contributed by atoms with E-state index < -0.39 is 23.7 Å². The van der Waals surface area contributed by atoms with E-state index in [0.29, 0.717) is 5.75 Å². The van der Waals surface area contributed by atoms with Crippen LogP contribution in [-0.2, 0) is 4.79 Å². The zero-order valence-corrected chi connectivity index (χ0v) is 14.7. The lowest BCUT2D eigenvalue weighted by Crippen LogP contribution is -2.30. The Hall–Kier alpha value is -2.41. The SMILES string of the molecule is Cc1c(F)cc(C(N)=O)cc1NC(=O)C(C)Oc1ccc(Br)cc1. The van der Waals surface area contributed by atoms with Crippen LogP contribution in [0, 0.1) is 12.7 Å². The lowest BCUT2D eigenvalue weighted by atomic mass is 10.1. The zero-order chi connectivity index (χ0) is 17.9. The molecular formula is C17H16BrFN2O3. The summed E-state index contributed by atoms with van der Waals surface area (Å²) >= 11 is 3.31. The van der Waals surface area contributed by atoms with Gasteiger partial charge in [0.2, 0.25) is 5.91 Å². The van der Waals surface area contributed by atoms with Crippen LogP contribution in [0.25, 0.3) is 0 Å². The molecule has 5 nitrogen and oxygen atoms in total. The molecule has 24 heavy (non-hydrogen) atoms. The summed E-state index contributed by atoms with van der Waals surface area (Å²) < 4.78 is 20.3. The van der Waals surface area contributed by atoms with Gasteiger partial charge in [-0.2, -0.15) is 0 Å². The van der Waals surface area contributed by atoms with Gasteiger partial charge in [-0.1, -0.05) is 15.9 Å². The molecule has 0 heterocycles. The fourth-order valence-electron chi connectivity index (χ4n) is 1.96. The Morgan fingerprint density at radius 1 is 1.25 bits per heavy atom. The molecule has 126 valence electrons.